The van der Waals surface area contributed by atoms with Crippen LogP contribution in [0.4, 0.5) is 5.82 Å². The van der Waals surface area contributed by atoms with E-state index in [0.717, 1.165) is 17.3 Å². The Bertz CT molecular complexity index is 467. The van der Waals surface area contributed by atoms with Crippen molar-refractivity contribution in [2.24, 2.45) is 0 Å². The van der Waals surface area contributed by atoms with Gasteiger partial charge in [-0.05, 0) is 41.8 Å². The average Bonchev–Trinajstić information content (AvgIpc) is 2.88. The van der Waals surface area contributed by atoms with Crippen molar-refractivity contribution in [1.82, 2.24) is 9.88 Å². The number of anilines is 1. The lowest BCUT2D eigenvalue weighted by atomic mass is 10.2. The van der Waals surface area contributed by atoms with Crippen LogP contribution in [0.3, 0.4) is 0 Å². The molecule has 1 saturated heterocycles. The molecule has 6 heteroatoms. The predicted octanol–water partition coefficient (Wildman–Crippen LogP) is 1.87. The van der Waals surface area contributed by atoms with E-state index in [1.807, 2.05) is 6.92 Å². The van der Waals surface area contributed by atoms with Gasteiger partial charge < -0.3 is 15.3 Å². The lowest BCUT2D eigenvalue weighted by Crippen LogP contribution is -2.38. The molecule has 1 aromatic heterocycles. The molecule has 2 heterocycles. The molecule has 0 radical (unpaired) electrons. The summed E-state index contributed by atoms with van der Waals surface area (Å²) in [6.45, 7) is 3.38. The largest absolute Gasteiger partial charge is 0.394 e. The van der Waals surface area contributed by atoms with Crippen molar-refractivity contribution in [3.8, 4) is 0 Å². The lowest BCUT2D eigenvalue weighted by Gasteiger charge is -2.24. The summed E-state index contributed by atoms with van der Waals surface area (Å²) in [4.78, 5) is 18.6. The molecule has 1 atom stereocenters. The van der Waals surface area contributed by atoms with E-state index in [-0.39, 0.29) is 18.6 Å². The third kappa shape index (κ3) is 3.06. The SMILES string of the molecule is CCNc1ncc(Br)cc1C(=O)N1CCCC1CO. The minimum atomic E-state index is -0.0686. The van der Waals surface area contributed by atoms with Crippen molar-refractivity contribution < 1.29 is 9.90 Å². The van der Waals surface area contributed by atoms with E-state index >= 15 is 0 Å². The Balaban J connectivity index is 2.29. The van der Waals surface area contributed by atoms with Crippen LogP contribution >= 0.6 is 15.9 Å². The van der Waals surface area contributed by atoms with Gasteiger partial charge in [-0.15, -0.1) is 0 Å². The molecule has 1 amide bonds. The standard InChI is InChI=1S/C13H18BrN3O2/c1-2-15-12-11(6-9(14)7-16-12)13(19)17-5-3-4-10(17)8-18/h6-7,10,18H,2-5,8H2,1H3,(H,15,16). The van der Waals surface area contributed by atoms with E-state index in [1.165, 1.54) is 0 Å². The smallest absolute Gasteiger partial charge is 0.257 e. The number of pyridine rings is 1. The fourth-order valence-electron chi connectivity index (χ4n) is 2.36. The molecule has 1 unspecified atom stereocenters. The van der Waals surface area contributed by atoms with E-state index in [4.69, 9.17) is 0 Å². The number of aliphatic hydroxyl groups is 1. The normalized spacial score (nSPS) is 18.7. The van der Waals surface area contributed by atoms with Crippen LogP contribution in [0.15, 0.2) is 16.7 Å². The Kier molecular flexibility index (Phi) is 4.76. The Labute approximate surface area is 121 Å². The molecule has 1 aliphatic heterocycles. The first-order chi connectivity index (χ1) is 9.17. The van der Waals surface area contributed by atoms with Crippen molar-refractivity contribution in [2.45, 2.75) is 25.8 Å². The molecule has 2 N–H and O–H groups in total. The van der Waals surface area contributed by atoms with Crippen molar-refractivity contribution in [3.05, 3.63) is 22.3 Å². The molecule has 1 fully saturated rings. The first-order valence-corrected chi connectivity index (χ1v) is 7.28. The minimum absolute atomic E-state index is 0.0176. The number of amides is 1. The predicted molar refractivity (Wildman–Crippen MR) is 77.2 cm³/mol. The minimum Gasteiger partial charge on any atom is -0.394 e. The number of hydrogen-bond donors (Lipinski definition) is 2. The van der Waals surface area contributed by atoms with E-state index in [2.05, 4.69) is 26.2 Å². The quantitative estimate of drug-likeness (QED) is 0.886. The van der Waals surface area contributed by atoms with Gasteiger partial charge >= 0.3 is 0 Å². The summed E-state index contributed by atoms with van der Waals surface area (Å²) in [6, 6.07) is 1.71. The molecule has 19 heavy (non-hydrogen) atoms. The summed E-state index contributed by atoms with van der Waals surface area (Å²) in [5, 5.41) is 12.4. The summed E-state index contributed by atoms with van der Waals surface area (Å²) < 4.78 is 0.775. The van der Waals surface area contributed by atoms with E-state index in [0.29, 0.717) is 24.5 Å². The van der Waals surface area contributed by atoms with Gasteiger partial charge in [-0.1, -0.05) is 0 Å². The Morgan fingerprint density at radius 2 is 2.47 bits per heavy atom. The van der Waals surface area contributed by atoms with Crippen molar-refractivity contribution in [1.29, 1.82) is 0 Å². The number of rotatable bonds is 4. The number of likely N-dealkylation sites (tertiary alicyclic amines) is 1. The van der Waals surface area contributed by atoms with Crippen LogP contribution in [0, 0.1) is 0 Å². The molecule has 0 aliphatic carbocycles. The molecule has 2 rings (SSSR count). The Morgan fingerprint density at radius 3 is 3.16 bits per heavy atom. The molecule has 0 spiro atoms. The van der Waals surface area contributed by atoms with Gasteiger partial charge in [0.25, 0.3) is 5.91 Å². The van der Waals surface area contributed by atoms with Crippen LogP contribution < -0.4 is 5.32 Å². The Morgan fingerprint density at radius 1 is 1.68 bits per heavy atom. The summed E-state index contributed by atoms with van der Waals surface area (Å²) in [6.07, 6.45) is 3.47. The summed E-state index contributed by atoms with van der Waals surface area (Å²) in [5.41, 5.74) is 0.552. The maximum Gasteiger partial charge on any atom is 0.257 e. The van der Waals surface area contributed by atoms with Crippen molar-refractivity contribution in [2.75, 3.05) is 25.0 Å². The number of nitrogens with one attached hydrogen (secondary N) is 1. The van der Waals surface area contributed by atoms with Gasteiger partial charge in [0, 0.05) is 23.8 Å². The summed E-state index contributed by atoms with van der Waals surface area (Å²) >= 11 is 3.35. The molecular weight excluding hydrogens is 310 g/mol. The van der Waals surface area contributed by atoms with Crippen LogP contribution in [-0.4, -0.2) is 46.6 Å². The van der Waals surface area contributed by atoms with Gasteiger partial charge in [-0.3, -0.25) is 4.79 Å². The topological polar surface area (TPSA) is 65.5 Å². The second-order valence-corrected chi connectivity index (χ2v) is 5.47. The van der Waals surface area contributed by atoms with Crippen LogP contribution in [-0.2, 0) is 0 Å². The molecule has 0 aromatic carbocycles. The van der Waals surface area contributed by atoms with E-state index < -0.39 is 0 Å². The van der Waals surface area contributed by atoms with Gasteiger partial charge in [-0.25, -0.2) is 4.98 Å². The van der Waals surface area contributed by atoms with Gasteiger partial charge in [0.2, 0.25) is 0 Å². The second-order valence-electron chi connectivity index (χ2n) is 4.56. The summed E-state index contributed by atoms with van der Waals surface area (Å²) in [7, 11) is 0. The number of aliphatic hydroxyl groups excluding tert-OH is 1. The highest BCUT2D eigenvalue weighted by molar-refractivity contribution is 9.10. The fraction of sp³-hybridized carbons (Fsp3) is 0.538. The maximum atomic E-state index is 12.6. The molecule has 0 bridgehead atoms. The van der Waals surface area contributed by atoms with Crippen LogP contribution in [0.1, 0.15) is 30.1 Å². The first-order valence-electron chi connectivity index (χ1n) is 6.48. The fourth-order valence-corrected chi connectivity index (χ4v) is 2.69. The third-order valence-corrected chi connectivity index (χ3v) is 3.71. The summed E-state index contributed by atoms with van der Waals surface area (Å²) in [5.74, 6) is 0.528. The maximum absolute atomic E-state index is 12.6. The first kappa shape index (κ1) is 14.3. The zero-order valence-corrected chi connectivity index (χ0v) is 12.5. The number of carbonyl (C=O) groups excluding carboxylic acids is 1. The van der Waals surface area contributed by atoms with Gasteiger partial charge in [0.1, 0.15) is 5.82 Å². The zero-order chi connectivity index (χ0) is 13.8. The highest BCUT2D eigenvalue weighted by atomic mass is 79.9. The van der Waals surface area contributed by atoms with Crippen molar-refractivity contribution in [3.63, 3.8) is 0 Å². The van der Waals surface area contributed by atoms with Crippen LogP contribution in [0.5, 0.6) is 0 Å². The molecule has 0 saturated carbocycles. The van der Waals surface area contributed by atoms with E-state index in [1.54, 1.807) is 17.2 Å². The zero-order valence-electron chi connectivity index (χ0n) is 10.9. The lowest BCUT2D eigenvalue weighted by molar-refractivity contribution is 0.0678. The Hall–Kier alpha value is -1.14. The monoisotopic (exact) mass is 327 g/mol. The molecule has 1 aliphatic rings. The van der Waals surface area contributed by atoms with Gasteiger partial charge in [0.05, 0.1) is 18.2 Å². The highest BCUT2D eigenvalue weighted by Gasteiger charge is 2.30. The van der Waals surface area contributed by atoms with E-state index in [9.17, 15) is 9.90 Å². The number of hydrogen-bond acceptors (Lipinski definition) is 4. The number of carbonyl (C=O) groups is 1. The second kappa shape index (κ2) is 6.34. The average molecular weight is 328 g/mol. The molecule has 1 aromatic rings. The molecular formula is C13H18BrN3O2. The third-order valence-electron chi connectivity index (χ3n) is 3.28. The van der Waals surface area contributed by atoms with Crippen LogP contribution in [0.2, 0.25) is 0 Å². The van der Waals surface area contributed by atoms with Gasteiger partial charge in [0.15, 0.2) is 0 Å². The molecule has 104 valence electrons. The van der Waals surface area contributed by atoms with Crippen LogP contribution in [0.25, 0.3) is 0 Å². The van der Waals surface area contributed by atoms with Crippen molar-refractivity contribution >= 4 is 27.7 Å². The highest BCUT2D eigenvalue weighted by Crippen LogP contribution is 2.24. The molecule has 5 nitrogen and oxygen atoms in total. The number of halogens is 1. The number of aromatic nitrogens is 1. The number of nitrogens with zero attached hydrogens (tertiary/aromatic N) is 2. The van der Waals surface area contributed by atoms with Gasteiger partial charge in [-0.2, -0.15) is 0 Å².